The van der Waals surface area contributed by atoms with Crippen molar-refractivity contribution in [1.29, 1.82) is 0 Å². The van der Waals surface area contributed by atoms with Gasteiger partial charge in [0.05, 0.1) is 12.6 Å². The number of halogens is 1. The summed E-state index contributed by atoms with van der Waals surface area (Å²) in [7, 11) is 1.45. The van der Waals surface area contributed by atoms with Crippen molar-refractivity contribution in [2.45, 2.75) is 60.3 Å². The number of benzene rings is 4. The van der Waals surface area contributed by atoms with Gasteiger partial charge in [-0.1, -0.05) is 71.3 Å². The van der Waals surface area contributed by atoms with Gasteiger partial charge in [0.1, 0.15) is 11.6 Å². The Labute approximate surface area is 291 Å². The Kier molecular flexibility index (Phi) is 11.6. The van der Waals surface area contributed by atoms with Gasteiger partial charge in [0.15, 0.2) is 0 Å². The molecule has 0 radical (unpaired) electrons. The number of methoxy groups -OCH3 is 1. The lowest BCUT2D eigenvalue weighted by molar-refractivity contribution is -0.166. The summed E-state index contributed by atoms with van der Waals surface area (Å²) in [6.45, 7) is 12.2. The number of rotatable bonds is 8. The lowest BCUT2D eigenvalue weighted by atomic mass is 10.0. The first-order valence-electron chi connectivity index (χ1n) is 15.9. The van der Waals surface area contributed by atoms with Gasteiger partial charge in [0.25, 0.3) is 18.1 Å². The Morgan fingerprint density at radius 3 is 2.00 bits per heavy atom. The first-order chi connectivity index (χ1) is 23.6. The number of ether oxygens (including phenoxy) is 3. The van der Waals surface area contributed by atoms with E-state index in [1.165, 1.54) is 37.5 Å². The van der Waals surface area contributed by atoms with Crippen molar-refractivity contribution >= 4 is 30.0 Å². The van der Waals surface area contributed by atoms with Crippen molar-refractivity contribution in [2.75, 3.05) is 7.11 Å². The molecular formula is C40H41FN2O7. The van der Waals surface area contributed by atoms with Crippen LogP contribution in [0.1, 0.15) is 81.2 Å². The molecule has 0 aliphatic heterocycles. The number of aryl methyl sites for hydroxylation is 3. The van der Waals surface area contributed by atoms with Gasteiger partial charge < -0.3 is 14.2 Å². The minimum Gasteiger partial charge on any atom is -0.496 e. The number of hydrogen-bond donors (Lipinski definition) is 0. The highest BCUT2D eigenvalue weighted by Crippen LogP contribution is 2.30. The molecule has 50 heavy (non-hydrogen) atoms. The number of hydrogen-bond acceptors (Lipinski definition) is 7. The molecule has 0 saturated carbocycles. The molecule has 1 unspecified atom stereocenters. The maximum Gasteiger partial charge on any atom is 0.439 e. The van der Waals surface area contributed by atoms with E-state index in [0.29, 0.717) is 16.3 Å². The highest BCUT2D eigenvalue weighted by Gasteiger charge is 2.42. The summed E-state index contributed by atoms with van der Waals surface area (Å²) in [5.41, 5.74) is 2.48. The number of esters is 1. The molecule has 1 atom stereocenters. The predicted molar refractivity (Wildman–Crippen MR) is 188 cm³/mol. The van der Waals surface area contributed by atoms with E-state index in [4.69, 9.17) is 14.2 Å². The summed E-state index contributed by atoms with van der Waals surface area (Å²) in [6.07, 6.45) is -0.722. The van der Waals surface area contributed by atoms with Gasteiger partial charge in [0, 0.05) is 33.9 Å². The topological polar surface area (TPSA) is 102 Å². The molecule has 10 heteroatoms. The van der Waals surface area contributed by atoms with E-state index in [2.05, 4.69) is 0 Å². The molecule has 260 valence electrons. The molecule has 0 heterocycles. The molecule has 0 aliphatic carbocycles. The van der Waals surface area contributed by atoms with E-state index in [1.54, 1.807) is 82.3 Å². The van der Waals surface area contributed by atoms with Crippen LogP contribution in [0.3, 0.4) is 0 Å². The Morgan fingerprint density at radius 2 is 1.40 bits per heavy atom. The second-order valence-electron chi connectivity index (χ2n) is 12.8. The van der Waals surface area contributed by atoms with E-state index >= 15 is 0 Å². The average molecular weight is 681 g/mol. The van der Waals surface area contributed by atoms with Crippen LogP contribution in [-0.2, 0) is 14.3 Å². The summed E-state index contributed by atoms with van der Waals surface area (Å²) < 4.78 is 31.1. The van der Waals surface area contributed by atoms with Gasteiger partial charge in [-0.2, -0.15) is 0 Å². The first kappa shape index (κ1) is 37.1. The molecule has 0 fully saturated rings. The zero-order valence-electron chi connectivity index (χ0n) is 29.4. The number of amides is 3. The van der Waals surface area contributed by atoms with E-state index in [0.717, 1.165) is 27.8 Å². The molecule has 0 N–H and O–H groups in total. The number of carbonyl (C=O) groups excluding carboxylic acids is 4. The van der Waals surface area contributed by atoms with E-state index in [-0.39, 0.29) is 22.3 Å². The Bertz CT molecular complexity index is 1910. The monoisotopic (exact) mass is 680 g/mol. The minimum atomic E-state index is -1.67. The quantitative estimate of drug-likeness (QED) is 0.0796. The van der Waals surface area contributed by atoms with E-state index < -0.39 is 41.5 Å². The summed E-state index contributed by atoms with van der Waals surface area (Å²) in [4.78, 5) is 56.4. The summed E-state index contributed by atoms with van der Waals surface area (Å²) >= 11 is 0. The molecule has 9 nitrogen and oxygen atoms in total. The van der Waals surface area contributed by atoms with Gasteiger partial charge in [-0.15, -0.1) is 5.01 Å². The van der Waals surface area contributed by atoms with Crippen LogP contribution in [0.2, 0.25) is 0 Å². The molecule has 0 spiro atoms. The molecule has 4 aromatic rings. The number of hydrazine groups is 1. The van der Waals surface area contributed by atoms with Crippen LogP contribution in [-0.4, -0.2) is 46.5 Å². The first-order valence-corrected chi connectivity index (χ1v) is 15.9. The van der Waals surface area contributed by atoms with E-state index in [9.17, 15) is 23.6 Å². The van der Waals surface area contributed by atoms with Crippen molar-refractivity contribution in [2.24, 2.45) is 0 Å². The molecule has 3 amide bonds. The maximum absolute atomic E-state index is 14.5. The van der Waals surface area contributed by atoms with Gasteiger partial charge >= 0.3 is 12.1 Å². The molecular weight excluding hydrogens is 639 g/mol. The Hall–Kier alpha value is -5.77. The van der Waals surface area contributed by atoms with Crippen molar-refractivity contribution < 1.29 is 37.8 Å². The van der Waals surface area contributed by atoms with Crippen LogP contribution in [0.4, 0.5) is 9.18 Å². The van der Waals surface area contributed by atoms with Crippen LogP contribution < -0.4 is 4.74 Å². The van der Waals surface area contributed by atoms with Crippen molar-refractivity contribution in [3.05, 3.63) is 141 Å². The number of imide groups is 1. The smallest absolute Gasteiger partial charge is 0.439 e. The van der Waals surface area contributed by atoms with Gasteiger partial charge in [-0.25, -0.2) is 19.0 Å². The molecule has 0 bridgehead atoms. The van der Waals surface area contributed by atoms with Crippen molar-refractivity contribution in [3.8, 4) is 5.75 Å². The Balaban J connectivity index is 1.82. The average Bonchev–Trinajstić information content (AvgIpc) is 3.05. The fourth-order valence-electron chi connectivity index (χ4n) is 5.29. The minimum absolute atomic E-state index is 0.0699. The normalized spacial score (nSPS) is 11.9. The third-order valence-corrected chi connectivity index (χ3v) is 7.68. The summed E-state index contributed by atoms with van der Waals surface area (Å²) in [6, 6.07) is 22.5. The highest BCUT2D eigenvalue weighted by atomic mass is 19.1. The van der Waals surface area contributed by atoms with Crippen LogP contribution in [0.5, 0.6) is 5.75 Å². The van der Waals surface area contributed by atoms with Gasteiger partial charge in [0.2, 0.25) is 0 Å². The predicted octanol–water partition coefficient (Wildman–Crippen LogP) is 8.46. The van der Waals surface area contributed by atoms with Crippen LogP contribution in [0.15, 0.2) is 91.0 Å². The lowest BCUT2D eigenvalue weighted by Crippen LogP contribution is -2.60. The molecule has 4 rings (SSSR count). The Morgan fingerprint density at radius 1 is 0.760 bits per heavy atom. The highest BCUT2D eigenvalue weighted by molar-refractivity contribution is 6.07. The van der Waals surface area contributed by atoms with Crippen LogP contribution >= 0.6 is 0 Å². The summed E-state index contributed by atoms with van der Waals surface area (Å²) in [5, 5.41) is 1.67. The van der Waals surface area contributed by atoms with E-state index in [1.807, 2.05) is 26.8 Å². The van der Waals surface area contributed by atoms with Gasteiger partial charge in [-0.05, 0) is 84.9 Å². The number of nitrogens with zero attached hydrogens (tertiary/aromatic N) is 2. The number of carbonyl (C=O) groups is 4. The zero-order chi connectivity index (χ0) is 36.7. The largest absolute Gasteiger partial charge is 0.496 e. The third kappa shape index (κ3) is 8.82. The zero-order valence-corrected chi connectivity index (χ0v) is 29.4. The fourth-order valence-corrected chi connectivity index (χ4v) is 5.29. The van der Waals surface area contributed by atoms with Crippen molar-refractivity contribution in [3.63, 3.8) is 0 Å². The van der Waals surface area contributed by atoms with Crippen LogP contribution in [0, 0.1) is 33.5 Å². The lowest BCUT2D eigenvalue weighted by Gasteiger charge is -2.41. The standard InChI is InChI=1S/C40H41FN2O7/c1-25-16-18-30(19-17-25)38(49-35(44)21-20-29-12-9-10-14-33(29)41)50-39(47)42(37(46)32-13-11-15-34(48-8)28(32)4)43(40(5,6)7)36(45)31-23-26(2)22-27(3)24-31/h9-24,38H,1-8H3/b21-20+. The SMILES string of the molecule is COc1cccc(C(=O)N(C(=O)OC(OC(=O)/C=C/c2ccccc2F)c2ccc(C)cc2)N(C(=O)c2cc(C)cc(C)c2)C(C)(C)C)c1C. The molecule has 0 aliphatic rings. The summed E-state index contributed by atoms with van der Waals surface area (Å²) in [5.74, 6) is -2.64. The molecule has 4 aromatic carbocycles. The van der Waals surface area contributed by atoms with Crippen molar-refractivity contribution in [1.82, 2.24) is 10.0 Å². The molecule has 0 aromatic heterocycles. The van der Waals surface area contributed by atoms with Crippen LogP contribution in [0.25, 0.3) is 6.08 Å². The fraction of sp³-hybridized carbons (Fsp3) is 0.250. The van der Waals surface area contributed by atoms with Gasteiger partial charge in [-0.3, -0.25) is 9.59 Å². The second-order valence-corrected chi connectivity index (χ2v) is 12.8. The third-order valence-electron chi connectivity index (χ3n) is 7.68. The maximum atomic E-state index is 14.5. The molecule has 0 saturated heterocycles. The second kappa shape index (κ2) is 15.6.